The fraction of sp³-hybridized carbons (Fsp3) is 0.588. The van der Waals surface area contributed by atoms with Crippen LogP contribution in [0.1, 0.15) is 32.3 Å². The lowest BCUT2D eigenvalue weighted by molar-refractivity contribution is -0.146. The highest BCUT2D eigenvalue weighted by Gasteiger charge is 2.41. The molecule has 0 saturated heterocycles. The van der Waals surface area contributed by atoms with Gasteiger partial charge in [0.2, 0.25) is 0 Å². The largest absolute Gasteiger partial charge is 0.480 e. The smallest absolute Gasteiger partial charge is 0.329 e. The van der Waals surface area contributed by atoms with E-state index in [1.807, 2.05) is 37.3 Å². The van der Waals surface area contributed by atoms with Crippen LogP contribution in [-0.4, -0.2) is 42.2 Å². The molecule has 0 aromatic heterocycles. The summed E-state index contributed by atoms with van der Waals surface area (Å²) in [6.45, 7) is 7.08. The molecule has 116 valence electrons. The molecule has 0 radical (unpaired) electrons. The van der Waals surface area contributed by atoms with Gasteiger partial charge >= 0.3 is 5.97 Å². The van der Waals surface area contributed by atoms with E-state index in [1.165, 1.54) is 12.8 Å². The molecular weight excluding hydrogens is 264 g/mol. The summed E-state index contributed by atoms with van der Waals surface area (Å²) >= 11 is 0. The molecule has 1 atom stereocenters. The minimum Gasteiger partial charge on any atom is -0.480 e. The predicted molar refractivity (Wildman–Crippen MR) is 84.3 cm³/mol. The molecule has 4 nitrogen and oxygen atoms in total. The highest BCUT2D eigenvalue weighted by Crippen LogP contribution is 2.31. The Morgan fingerprint density at radius 3 is 2.48 bits per heavy atom. The van der Waals surface area contributed by atoms with Crippen molar-refractivity contribution in [2.75, 3.05) is 26.2 Å². The van der Waals surface area contributed by atoms with Crippen molar-refractivity contribution in [3.05, 3.63) is 35.9 Å². The lowest BCUT2D eigenvalue weighted by Gasteiger charge is -2.36. The van der Waals surface area contributed by atoms with Gasteiger partial charge < -0.3 is 10.0 Å². The van der Waals surface area contributed by atoms with Crippen molar-refractivity contribution in [1.82, 2.24) is 10.2 Å². The maximum Gasteiger partial charge on any atom is 0.329 e. The Labute approximate surface area is 127 Å². The summed E-state index contributed by atoms with van der Waals surface area (Å²) in [6, 6.07) is 9.54. The first-order chi connectivity index (χ1) is 10.1. The molecule has 0 aliphatic heterocycles. The van der Waals surface area contributed by atoms with Crippen LogP contribution in [0.5, 0.6) is 0 Å². The van der Waals surface area contributed by atoms with Crippen molar-refractivity contribution in [3.63, 3.8) is 0 Å². The van der Waals surface area contributed by atoms with Crippen LogP contribution in [0.3, 0.4) is 0 Å². The number of rotatable bonds is 9. The van der Waals surface area contributed by atoms with E-state index in [1.54, 1.807) is 0 Å². The molecule has 1 aliphatic rings. The highest BCUT2D eigenvalue weighted by molar-refractivity contribution is 5.81. The summed E-state index contributed by atoms with van der Waals surface area (Å²) in [4.78, 5) is 14.3. The zero-order valence-electron chi connectivity index (χ0n) is 13.0. The van der Waals surface area contributed by atoms with E-state index in [-0.39, 0.29) is 0 Å². The van der Waals surface area contributed by atoms with E-state index in [9.17, 15) is 9.90 Å². The van der Waals surface area contributed by atoms with Gasteiger partial charge in [0.1, 0.15) is 0 Å². The van der Waals surface area contributed by atoms with Gasteiger partial charge in [-0.3, -0.25) is 5.32 Å². The fourth-order valence-electron chi connectivity index (χ4n) is 2.85. The van der Waals surface area contributed by atoms with Gasteiger partial charge in [0.15, 0.2) is 5.54 Å². The van der Waals surface area contributed by atoms with Crippen LogP contribution in [0.25, 0.3) is 0 Å². The molecule has 1 unspecified atom stereocenters. The summed E-state index contributed by atoms with van der Waals surface area (Å²) in [6.07, 6.45) is 2.56. The van der Waals surface area contributed by atoms with E-state index in [4.69, 9.17) is 0 Å². The maximum absolute atomic E-state index is 12.1. The molecule has 21 heavy (non-hydrogen) atoms. The molecular formula is C17H26N2O2. The minimum atomic E-state index is -1.03. The fourth-order valence-corrected chi connectivity index (χ4v) is 2.85. The van der Waals surface area contributed by atoms with Crippen molar-refractivity contribution in [1.29, 1.82) is 0 Å². The highest BCUT2D eigenvalue weighted by atomic mass is 16.4. The summed E-state index contributed by atoms with van der Waals surface area (Å²) in [5.41, 5.74) is -0.199. The lowest BCUT2D eigenvalue weighted by Crippen LogP contribution is -2.56. The standard InChI is InChI=1S/C17H26N2O2/c1-3-18-17(16(20)21,15-8-6-5-7-9-15)13-19(4-2)12-14-10-11-14/h5-9,14,18H,3-4,10-13H2,1-2H3,(H,20,21). The number of carbonyl (C=O) groups is 1. The monoisotopic (exact) mass is 290 g/mol. The third-order valence-electron chi connectivity index (χ3n) is 4.23. The van der Waals surface area contributed by atoms with Crippen molar-refractivity contribution in [2.24, 2.45) is 5.92 Å². The molecule has 0 heterocycles. The molecule has 0 amide bonds. The minimum absolute atomic E-state index is 0.507. The molecule has 1 aromatic rings. The first-order valence-corrected chi connectivity index (χ1v) is 7.88. The average Bonchev–Trinajstić information content (AvgIpc) is 3.30. The van der Waals surface area contributed by atoms with Crippen LogP contribution >= 0.6 is 0 Å². The Morgan fingerprint density at radius 1 is 1.33 bits per heavy atom. The molecule has 1 aromatic carbocycles. The lowest BCUT2D eigenvalue weighted by atomic mass is 9.88. The number of carboxylic acid groups (broad SMARTS) is 1. The topological polar surface area (TPSA) is 52.6 Å². The molecule has 0 spiro atoms. The molecule has 1 saturated carbocycles. The second kappa shape index (κ2) is 7.05. The third kappa shape index (κ3) is 3.83. The Balaban J connectivity index is 2.26. The molecule has 2 N–H and O–H groups in total. The van der Waals surface area contributed by atoms with Crippen LogP contribution in [-0.2, 0) is 10.3 Å². The van der Waals surface area contributed by atoms with E-state index in [0.29, 0.717) is 13.1 Å². The normalized spacial score (nSPS) is 17.7. The zero-order chi connectivity index (χ0) is 15.3. The van der Waals surface area contributed by atoms with Crippen molar-refractivity contribution in [3.8, 4) is 0 Å². The SMILES string of the molecule is CCNC(CN(CC)CC1CC1)(C(=O)O)c1ccccc1. The van der Waals surface area contributed by atoms with Crippen molar-refractivity contribution >= 4 is 5.97 Å². The maximum atomic E-state index is 12.1. The summed E-state index contributed by atoms with van der Waals surface area (Å²) in [7, 11) is 0. The molecule has 1 fully saturated rings. The van der Waals surface area contributed by atoms with Crippen LogP contribution in [0.15, 0.2) is 30.3 Å². The third-order valence-corrected chi connectivity index (χ3v) is 4.23. The van der Waals surface area contributed by atoms with Gasteiger partial charge in [-0.15, -0.1) is 0 Å². The number of nitrogens with one attached hydrogen (secondary N) is 1. The van der Waals surface area contributed by atoms with Crippen molar-refractivity contribution in [2.45, 2.75) is 32.2 Å². The second-order valence-electron chi connectivity index (χ2n) is 5.88. The number of hydrogen-bond donors (Lipinski definition) is 2. The van der Waals surface area contributed by atoms with Gasteiger partial charge in [0.05, 0.1) is 0 Å². The average molecular weight is 290 g/mol. The van der Waals surface area contributed by atoms with Gasteiger partial charge in [-0.2, -0.15) is 0 Å². The molecule has 1 aliphatic carbocycles. The summed E-state index contributed by atoms with van der Waals surface area (Å²) < 4.78 is 0. The van der Waals surface area contributed by atoms with Gasteiger partial charge in [-0.1, -0.05) is 44.2 Å². The predicted octanol–water partition coefficient (Wildman–Crippen LogP) is 2.31. The Hall–Kier alpha value is -1.39. The van der Waals surface area contributed by atoms with Gasteiger partial charge in [-0.05, 0) is 37.4 Å². The summed E-state index contributed by atoms with van der Waals surface area (Å²) in [5, 5.41) is 13.1. The molecule has 4 heteroatoms. The number of hydrogen-bond acceptors (Lipinski definition) is 3. The zero-order valence-corrected chi connectivity index (χ0v) is 13.0. The molecule has 0 bridgehead atoms. The van der Waals surface area contributed by atoms with Crippen LogP contribution in [0.4, 0.5) is 0 Å². The number of benzene rings is 1. The van der Waals surface area contributed by atoms with E-state index in [2.05, 4.69) is 17.1 Å². The van der Waals surface area contributed by atoms with E-state index in [0.717, 1.165) is 24.6 Å². The summed E-state index contributed by atoms with van der Waals surface area (Å²) in [5.74, 6) is -0.0429. The van der Waals surface area contributed by atoms with Crippen LogP contribution in [0.2, 0.25) is 0 Å². The first-order valence-electron chi connectivity index (χ1n) is 7.88. The van der Waals surface area contributed by atoms with Crippen molar-refractivity contribution < 1.29 is 9.90 Å². The van der Waals surface area contributed by atoms with Gasteiger partial charge in [0.25, 0.3) is 0 Å². The van der Waals surface area contributed by atoms with E-state index < -0.39 is 11.5 Å². The number of likely N-dealkylation sites (N-methyl/N-ethyl adjacent to an activating group) is 2. The number of nitrogens with zero attached hydrogens (tertiary/aromatic N) is 1. The Morgan fingerprint density at radius 2 is 2.00 bits per heavy atom. The first kappa shape index (κ1) is 16.0. The number of aliphatic carboxylic acids is 1. The van der Waals surface area contributed by atoms with Crippen LogP contribution < -0.4 is 5.32 Å². The Kier molecular flexibility index (Phi) is 5.37. The quantitative estimate of drug-likeness (QED) is 0.733. The molecule has 2 rings (SSSR count). The van der Waals surface area contributed by atoms with Gasteiger partial charge in [0, 0.05) is 13.1 Å². The number of carboxylic acids is 1. The van der Waals surface area contributed by atoms with Crippen LogP contribution in [0, 0.1) is 5.92 Å². The van der Waals surface area contributed by atoms with E-state index >= 15 is 0 Å². The van der Waals surface area contributed by atoms with Gasteiger partial charge in [-0.25, -0.2) is 4.79 Å². The second-order valence-corrected chi connectivity index (χ2v) is 5.88. The Bertz CT molecular complexity index is 459.